The molecule has 1 saturated heterocycles. The average molecular weight is 906 g/mol. The third-order valence-corrected chi connectivity index (χ3v) is 10.9. The molecule has 2 heterocycles. The Hall–Kier alpha value is -3.35. The standard InChI is InChI=1S/C48H79N3O13/c1-2-3-4-5-6-7-8-9-10-11-12-13-16-24-57-26-28-59-30-32-61-34-36-63-38-39-64-37-35-62-33-31-60-29-27-58-25-17-14-15-21-43(52)49-41-20-18-19-40-45(41)48(56)51(47(40)55)42-22-23-44(53)50-46(42)54/h18-20,42H,2-17,21-39H2,1H3,(H,49,52)(H,50,53,54). The van der Waals surface area contributed by atoms with E-state index >= 15 is 0 Å². The number of carbonyl (C=O) groups excluding carboxylic acids is 5. The monoisotopic (exact) mass is 906 g/mol. The average Bonchev–Trinajstić information content (AvgIpc) is 3.54. The fourth-order valence-corrected chi connectivity index (χ4v) is 7.36. The third-order valence-electron chi connectivity index (χ3n) is 10.9. The summed E-state index contributed by atoms with van der Waals surface area (Å²) < 4.78 is 44.5. The van der Waals surface area contributed by atoms with E-state index < -0.39 is 29.7 Å². The van der Waals surface area contributed by atoms with Crippen molar-refractivity contribution >= 4 is 35.2 Å². The van der Waals surface area contributed by atoms with E-state index in [2.05, 4.69) is 17.6 Å². The summed E-state index contributed by atoms with van der Waals surface area (Å²) in [4.78, 5) is 63.6. The van der Waals surface area contributed by atoms with Crippen LogP contribution in [0.5, 0.6) is 0 Å². The molecule has 2 N–H and O–H groups in total. The summed E-state index contributed by atoms with van der Waals surface area (Å²) in [5.41, 5.74) is 0.396. The zero-order valence-corrected chi connectivity index (χ0v) is 38.8. The molecule has 0 aromatic heterocycles. The second-order valence-corrected chi connectivity index (χ2v) is 16.2. The zero-order chi connectivity index (χ0) is 45.7. The Morgan fingerprint density at radius 3 is 1.39 bits per heavy atom. The Bertz CT molecular complexity index is 1450. The lowest BCUT2D eigenvalue weighted by atomic mass is 10.0. The number of imide groups is 2. The third kappa shape index (κ3) is 24.3. The number of piperidine rings is 1. The number of amides is 5. The van der Waals surface area contributed by atoms with Crippen molar-refractivity contribution < 1.29 is 61.9 Å². The fraction of sp³-hybridized carbons (Fsp3) is 0.771. The summed E-state index contributed by atoms with van der Waals surface area (Å²) in [6.07, 6.45) is 20.1. The zero-order valence-electron chi connectivity index (χ0n) is 38.8. The summed E-state index contributed by atoms with van der Waals surface area (Å²) in [6.45, 7) is 10.7. The van der Waals surface area contributed by atoms with E-state index in [1.807, 2.05) is 0 Å². The van der Waals surface area contributed by atoms with Gasteiger partial charge in [-0.2, -0.15) is 0 Å². The van der Waals surface area contributed by atoms with Crippen LogP contribution in [0.2, 0.25) is 0 Å². The van der Waals surface area contributed by atoms with E-state index in [0.717, 1.165) is 30.8 Å². The summed E-state index contributed by atoms with van der Waals surface area (Å²) in [6, 6.07) is 3.55. The highest BCUT2D eigenvalue weighted by atomic mass is 16.6. The number of fused-ring (bicyclic) bond motifs is 1. The normalized spacial score (nSPS) is 15.0. The molecule has 1 aromatic rings. The van der Waals surface area contributed by atoms with Crippen LogP contribution in [0.3, 0.4) is 0 Å². The van der Waals surface area contributed by atoms with E-state index in [9.17, 15) is 24.0 Å². The molecule has 0 bridgehead atoms. The molecule has 1 aromatic carbocycles. The number of benzene rings is 1. The van der Waals surface area contributed by atoms with Gasteiger partial charge in [0.05, 0.1) is 109 Å². The van der Waals surface area contributed by atoms with Gasteiger partial charge in [0.15, 0.2) is 0 Å². The Morgan fingerprint density at radius 2 is 0.953 bits per heavy atom. The SMILES string of the molecule is CCCCCCCCCCCCCCCOCCOCCOCCOCCOCCOCCOCCOCCCCCC(=O)Nc1cccc2c1C(=O)N(C1CCC(=O)NC1=O)C2=O. The van der Waals surface area contributed by atoms with Crippen LogP contribution in [0.25, 0.3) is 0 Å². The summed E-state index contributed by atoms with van der Waals surface area (Å²) in [5.74, 6) is -2.70. The van der Waals surface area contributed by atoms with Crippen molar-refractivity contribution in [3.8, 4) is 0 Å². The van der Waals surface area contributed by atoms with Gasteiger partial charge in [0.2, 0.25) is 17.7 Å². The lowest BCUT2D eigenvalue weighted by Gasteiger charge is -2.27. The highest BCUT2D eigenvalue weighted by molar-refractivity contribution is 6.26. The maximum absolute atomic E-state index is 13.2. The largest absolute Gasteiger partial charge is 0.379 e. The van der Waals surface area contributed by atoms with Crippen LogP contribution < -0.4 is 10.6 Å². The number of nitrogens with one attached hydrogen (secondary N) is 2. The van der Waals surface area contributed by atoms with Gasteiger partial charge < -0.3 is 43.2 Å². The molecule has 16 heteroatoms. The molecule has 16 nitrogen and oxygen atoms in total. The number of hydrogen-bond donors (Lipinski definition) is 2. The molecule has 0 aliphatic carbocycles. The van der Waals surface area contributed by atoms with Crippen molar-refractivity contribution in [2.24, 2.45) is 0 Å². The number of carbonyl (C=O) groups is 5. The number of nitrogens with zero attached hydrogens (tertiary/aromatic N) is 1. The molecular weight excluding hydrogens is 827 g/mol. The Kier molecular flexibility index (Phi) is 31.6. The van der Waals surface area contributed by atoms with Gasteiger partial charge in [-0.05, 0) is 37.8 Å². The van der Waals surface area contributed by atoms with E-state index in [4.69, 9.17) is 37.9 Å². The van der Waals surface area contributed by atoms with Crippen molar-refractivity contribution in [3.05, 3.63) is 29.3 Å². The quantitative estimate of drug-likeness (QED) is 0.0515. The number of unbranched alkanes of at least 4 members (excludes halogenated alkanes) is 14. The second kappa shape index (κ2) is 36.8. The Morgan fingerprint density at radius 1 is 0.547 bits per heavy atom. The molecule has 2 aliphatic heterocycles. The van der Waals surface area contributed by atoms with Gasteiger partial charge in [0, 0.05) is 26.1 Å². The first-order valence-electron chi connectivity index (χ1n) is 24.2. The maximum atomic E-state index is 13.2. The highest BCUT2D eigenvalue weighted by Gasteiger charge is 2.45. The number of ether oxygens (including phenoxy) is 8. The van der Waals surface area contributed by atoms with Gasteiger partial charge in [-0.25, -0.2) is 0 Å². The molecule has 3 rings (SSSR count). The predicted octanol–water partition coefficient (Wildman–Crippen LogP) is 6.81. The van der Waals surface area contributed by atoms with Crippen LogP contribution in [0.1, 0.15) is 150 Å². The molecule has 2 aliphatic rings. The summed E-state index contributed by atoms with van der Waals surface area (Å²) >= 11 is 0. The minimum Gasteiger partial charge on any atom is -0.379 e. The van der Waals surface area contributed by atoms with Gasteiger partial charge >= 0.3 is 0 Å². The van der Waals surface area contributed by atoms with Crippen molar-refractivity contribution in [2.75, 3.05) is 111 Å². The van der Waals surface area contributed by atoms with Gasteiger partial charge in [0.25, 0.3) is 11.8 Å². The number of hydrogen-bond acceptors (Lipinski definition) is 13. The number of anilines is 1. The second-order valence-electron chi connectivity index (χ2n) is 16.2. The fourth-order valence-electron chi connectivity index (χ4n) is 7.36. The van der Waals surface area contributed by atoms with Crippen molar-refractivity contribution in [1.29, 1.82) is 0 Å². The lowest BCUT2D eigenvalue weighted by molar-refractivity contribution is -0.136. The molecule has 0 spiro atoms. The van der Waals surface area contributed by atoms with E-state index in [-0.39, 0.29) is 42.0 Å². The number of rotatable bonds is 43. The first kappa shape index (κ1) is 55.0. The Balaban J connectivity index is 0.976. The highest BCUT2D eigenvalue weighted by Crippen LogP contribution is 2.32. The first-order chi connectivity index (χ1) is 31.4. The van der Waals surface area contributed by atoms with Gasteiger partial charge in [-0.3, -0.25) is 34.2 Å². The predicted molar refractivity (Wildman–Crippen MR) is 242 cm³/mol. The molecule has 1 fully saturated rings. The van der Waals surface area contributed by atoms with Gasteiger partial charge in [-0.1, -0.05) is 96.5 Å². The topological polar surface area (TPSA) is 186 Å². The van der Waals surface area contributed by atoms with Crippen LogP contribution in [0.4, 0.5) is 5.69 Å². The molecule has 0 radical (unpaired) electrons. The molecule has 5 amide bonds. The molecule has 364 valence electrons. The minimum atomic E-state index is -1.07. The van der Waals surface area contributed by atoms with Crippen LogP contribution in [0.15, 0.2) is 18.2 Å². The van der Waals surface area contributed by atoms with Crippen LogP contribution >= 0.6 is 0 Å². The lowest BCUT2D eigenvalue weighted by Crippen LogP contribution is -2.54. The summed E-state index contributed by atoms with van der Waals surface area (Å²) in [7, 11) is 0. The molecule has 1 atom stereocenters. The van der Waals surface area contributed by atoms with Crippen LogP contribution in [-0.4, -0.2) is 146 Å². The molecule has 64 heavy (non-hydrogen) atoms. The minimum absolute atomic E-state index is 0.0313. The van der Waals surface area contributed by atoms with Crippen LogP contribution in [-0.2, 0) is 52.3 Å². The van der Waals surface area contributed by atoms with E-state index in [1.165, 1.54) is 83.1 Å². The van der Waals surface area contributed by atoms with Crippen molar-refractivity contribution in [1.82, 2.24) is 10.2 Å². The van der Waals surface area contributed by atoms with Gasteiger partial charge in [0.1, 0.15) is 6.04 Å². The van der Waals surface area contributed by atoms with E-state index in [1.54, 1.807) is 12.1 Å². The molecular formula is C48H79N3O13. The molecule has 1 unspecified atom stereocenters. The van der Waals surface area contributed by atoms with Gasteiger partial charge in [-0.15, -0.1) is 0 Å². The Labute approximate surface area is 381 Å². The summed E-state index contributed by atoms with van der Waals surface area (Å²) in [5, 5.41) is 4.92. The van der Waals surface area contributed by atoms with Crippen LogP contribution in [0, 0.1) is 0 Å². The van der Waals surface area contributed by atoms with Crippen molar-refractivity contribution in [3.63, 3.8) is 0 Å². The first-order valence-corrected chi connectivity index (χ1v) is 24.2. The van der Waals surface area contributed by atoms with Crippen molar-refractivity contribution in [2.45, 2.75) is 135 Å². The van der Waals surface area contributed by atoms with E-state index in [0.29, 0.717) is 106 Å². The smallest absolute Gasteiger partial charge is 0.264 e. The maximum Gasteiger partial charge on any atom is 0.264 e. The molecule has 0 saturated carbocycles.